The molecule has 0 unspecified atom stereocenters. The normalized spacial score (nSPS) is 18.1. The molecule has 3 nitrogen and oxygen atoms in total. The lowest BCUT2D eigenvalue weighted by atomic mass is 9.92. The third kappa shape index (κ3) is 3.63. The van der Waals surface area contributed by atoms with Crippen LogP contribution in [0, 0.1) is 0 Å². The first kappa shape index (κ1) is 15.1. The van der Waals surface area contributed by atoms with Gasteiger partial charge in [-0.25, -0.2) is 0 Å². The number of hydrogen-bond donors (Lipinski definition) is 1. The summed E-state index contributed by atoms with van der Waals surface area (Å²) in [7, 11) is 0. The van der Waals surface area contributed by atoms with Gasteiger partial charge < -0.3 is 10.1 Å². The molecule has 1 fully saturated rings. The number of rotatable bonds is 3. The van der Waals surface area contributed by atoms with Crippen molar-refractivity contribution < 1.29 is 9.53 Å². The number of carbonyl (C=O) groups is 1. The summed E-state index contributed by atoms with van der Waals surface area (Å²) in [6.07, 6.45) is 1.47. The summed E-state index contributed by atoms with van der Waals surface area (Å²) >= 11 is 15.3. The maximum Gasteiger partial charge on any atom is 0.251 e. The van der Waals surface area contributed by atoms with E-state index >= 15 is 0 Å². The van der Waals surface area contributed by atoms with E-state index in [2.05, 4.69) is 21.2 Å². The van der Waals surface area contributed by atoms with Gasteiger partial charge in [-0.2, -0.15) is 0 Å². The largest absolute Gasteiger partial charge is 0.381 e. The van der Waals surface area contributed by atoms with Gasteiger partial charge >= 0.3 is 0 Å². The number of nitrogens with one attached hydrogen (secondary N) is 1. The molecule has 0 aliphatic carbocycles. The third-order valence-electron chi connectivity index (χ3n) is 3.27. The SMILES string of the molecule is O=C(NC1(CCl)CCOCC1)c1ccc(Cl)c(Br)c1. The molecular formula is C13H14BrCl2NO2. The first-order valence-corrected chi connectivity index (χ1v) is 7.68. The smallest absolute Gasteiger partial charge is 0.251 e. The lowest BCUT2D eigenvalue weighted by molar-refractivity contribution is 0.0434. The van der Waals surface area contributed by atoms with Gasteiger partial charge in [0.25, 0.3) is 5.91 Å². The lowest BCUT2D eigenvalue weighted by Gasteiger charge is -2.36. The minimum atomic E-state index is -0.372. The molecule has 1 aromatic rings. The van der Waals surface area contributed by atoms with Gasteiger partial charge in [0.2, 0.25) is 0 Å². The fraction of sp³-hybridized carbons (Fsp3) is 0.462. The molecule has 6 heteroatoms. The predicted octanol–water partition coefficient (Wildman–Crippen LogP) is 3.62. The highest BCUT2D eigenvalue weighted by molar-refractivity contribution is 9.10. The van der Waals surface area contributed by atoms with E-state index in [0.29, 0.717) is 34.2 Å². The van der Waals surface area contributed by atoms with Crippen LogP contribution in [0.4, 0.5) is 0 Å². The van der Waals surface area contributed by atoms with Crippen molar-refractivity contribution in [3.8, 4) is 0 Å². The standard InChI is InChI=1S/C13H14BrCl2NO2/c14-10-7-9(1-2-11(10)16)12(18)17-13(8-15)3-5-19-6-4-13/h1-2,7H,3-6,8H2,(H,17,18). The second kappa shape index (κ2) is 6.44. The average molecular weight is 367 g/mol. The second-order valence-corrected chi connectivity index (χ2v) is 6.14. The Labute approximate surface area is 130 Å². The summed E-state index contributed by atoms with van der Waals surface area (Å²) in [4.78, 5) is 12.3. The van der Waals surface area contributed by atoms with Gasteiger partial charge in [-0.15, -0.1) is 11.6 Å². The molecule has 1 heterocycles. The number of carbonyl (C=O) groups excluding carboxylic acids is 1. The Bertz CT molecular complexity index is 476. The second-order valence-electron chi connectivity index (χ2n) is 4.61. The van der Waals surface area contributed by atoms with E-state index in [9.17, 15) is 4.79 Å². The molecule has 1 N–H and O–H groups in total. The maximum atomic E-state index is 12.3. The molecule has 1 aliphatic heterocycles. The molecular weight excluding hydrogens is 353 g/mol. The van der Waals surface area contributed by atoms with E-state index in [4.69, 9.17) is 27.9 Å². The molecule has 2 rings (SSSR count). The number of benzene rings is 1. The molecule has 0 radical (unpaired) electrons. The Kier molecular flexibility index (Phi) is 5.12. The summed E-state index contributed by atoms with van der Waals surface area (Å²) in [5, 5.41) is 3.61. The highest BCUT2D eigenvalue weighted by Gasteiger charge is 2.33. The average Bonchev–Trinajstić information content (AvgIpc) is 2.43. The van der Waals surface area contributed by atoms with Crippen molar-refractivity contribution in [2.45, 2.75) is 18.4 Å². The Balaban J connectivity index is 2.12. The van der Waals surface area contributed by atoms with Crippen molar-refractivity contribution in [1.29, 1.82) is 0 Å². The van der Waals surface area contributed by atoms with Gasteiger partial charge in [0.15, 0.2) is 0 Å². The number of halogens is 3. The molecule has 0 bridgehead atoms. The van der Waals surface area contributed by atoms with Crippen LogP contribution < -0.4 is 5.32 Å². The van der Waals surface area contributed by atoms with Gasteiger partial charge in [-0.05, 0) is 47.0 Å². The van der Waals surface area contributed by atoms with Gasteiger partial charge in [-0.3, -0.25) is 4.79 Å². The fourth-order valence-electron chi connectivity index (χ4n) is 2.00. The number of amides is 1. The van der Waals surface area contributed by atoms with E-state index in [-0.39, 0.29) is 11.4 Å². The Morgan fingerprint density at radius 1 is 1.42 bits per heavy atom. The molecule has 1 saturated heterocycles. The summed E-state index contributed by atoms with van der Waals surface area (Å²) in [6.45, 7) is 1.24. The number of hydrogen-bond acceptors (Lipinski definition) is 2. The molecule has 0 saturated carbocycles. The summed E-state index contributed by atoms with van der Waals surface area (Å²) in [6, 6.07) is 5.10. The molecule has 104 valence electrons. The van der Waals surface area contributed by atoms with E-state index in [1.165, 1.54) is 0 Å². The van der Waals surface area contributed by atoms with Gasteiger partial charge in [0.05, 0.1) is 10.6 Å². The van der Waals surface area contributed by atoms with Crippen molar-refractivity contribution in [2.24, 2.45) is 0 Å². The van der Waals surface area contributed by atoms with Crippen molar-refractivity contribution in [1.82, 2.24) is 5.32 Å². The summed E-state index contributed by atoms with van der Waals surface area (Å²) in [5.74, 6) is 0.247. The summed E-state index contributed by atoms with van der Waals surface area (Å²) < 4.78 is 6.02. The molecule has 1 aromatic carbocycles. The fourth-order valence-corrected chi connectivity index (χ4v) is 2.83. The number of ether oxygens (including phenoxy) is 1. The lowest BCUT2D eigenvalue weighted by Crippen LogP contribution is -2.53. The van der Waals surface area contributed by atoms with Crippen molar-refractivity contribution in [3.63, 3.8) is 0 Å². The zero-order valence-corrected chi connectivity index (χ0v) is 13.3. The Hall–Kier alpha value is -0.290. The predicted molar refractivity (Wildman–Crippen MR) is 80.1 cm³/mol. The first-order chi connectivity index (χ1) is 9.06. The van der Waals surface area contributed by atoms with Crippen LogP contribution in [0.15, 0.2) is 22.7 Å². The van der Waals surface area contributed by atoms with Crippen molar-refractivity contribution in [2.75, 3.05) is 19.1 Å². The zero-order valence-electron chi connectivity index (χ0n) is 10.2. The van der Waals surface area contributed by atoms with E-state index in [1.54, 1.807) is 18.2 Å². The van der Waals surface area contributed by atoms with Crippen LogP contribution in [0.1, 0.15) is 23.2 Å². The van der Waals surface area contributed by atoms with Crippen LogP contribution in [0.2, 0.25) is 5.02 Å². The Morgan fingerprint density at radius 3 is 2.68 bits per heavy atom. The quantitative estimate of drug-likeness (QED) is 0.829. The van der Waals surface area contributed by atoms with Crippen LogP contribution in [0.25, 0.3) is 0 Å². The molecule has 1 aliphatic rings. The molecule has 1 amide bonds. The van der Waals surface area contributed by atoms with E-state index in [1.807, 2.05) is 0 Å². The van der Waals surface area contributed by atoms with Gasteiger partial charge in [0, 0.05) is 29.1 Å². The first-order valence-electron chi connectivity index (χ1n) is 5.98. The zero-order chi connectivity index (χ0) is 13.9. The van der Waals surface area contributed by atoms with Crippen LogP contribution in [0.5, 0.6) is 0 Å². The highest BCUT2D eigenvalue weighted by atomic mass is 79.9. The molecule has 0 atom stereocenters. The minimum Gasteiger partial charge on any atom is -0.381 e. The molecule has 0 aromatic heterocycles. The highest BCUT2D eigenvalue weighted by Crippen LogP contribution is 2.25. The van der Waals surface area contributed by atoms with Crippen LogP contribution in [-0.4, -0.2) is 30.5 Å². The third-order valence-corrected chi connectivity index (χ3v) is 4.99. The monoisotopic (exact) mass is 365 g/mol. The Morgan fingerprint density at radius 2 is 2.11 bits per heavy atom. The molecule has 0 spiro atoms. The topological polar surface area (TPSA) is 38.3 Å². The summed E-state index contributed by atoms with van der Waals surface area (Å²) in [5.41, 5.74) is 0.190. The maximum absolute atomic E-state index is 12.3. The van der Waals surface area contributed by atoms with Crippen molar-refractivity contribution >= 4 is 45.0 Å². The van der Waals surface area contributed by atoms with Crippen LogP contribution in [0.3, 0.4) is 0 Å². The molecule has 19 heavy (non-hydrogen) atoms. The van der Waals surface area contributed by atoms with Crippen LogP contribution in [-0.2, 0) is 4.74 Å². The van der Waals surface area contributed by atoms with E-state index in [0.717, 1.165) is 12.8 Å². The number of alkyl halides is 1. The van der Waals surface area contributed by atoms with Crippen molar-refractivity contribution in [3.05, 3.63) is 33.3 Å². The minimum absolute atomic E-state index is 0.139. The van der Waals surface area contributed by atoms with Gasteiger partial charge in [0.1, 0.15) is 0 Å². The van der Waals surface area contributed by atoms with Crippen LogP contribution >= 0.6 is 39.1 Å². The van der Waals surface area contributed by atoms with E-state index < -0.39 is 0 Å². The van der Waals surface area contributed by atoms with Gasteiger partial charge in [-0.1, -0.05) is 11.6 Å².